The molecule has 30 heavy (non-hydrogen) atoms. The lowest BCUT2D eigenvalue weighted by Gasteiger charge is -2.30. The van der Waals surface area contributed by atoms with Crippen LogP contribution in [0.15, 0.2) is 48.5 Å². The van der Waals surface area contributed by atoms with Crippen molar-refractivity contribution >= 4 is 17.7 Å². The van der Waals surface area contributed by atoms with Gasteiger partial charge in [0.05, 0.1) is 11.1 Å². The van der Waals surface area contributed by atoms with E-state index >= 15 is 0 Å². The molecule has 0 saturated heterocycles. The molecule has 0 radical (unpaired) electrons. The van der Waals surface area contributed by atoms with E-state index in [0.717, 1.165) is 18.4 Å². The first kappa shape index (κ1) is 20.3. The number of imide groups is 1. The van der Waals surface area contributed by atoms with E-state index in [1.54, 1.807) is 12.1 Å². The minimum absolute atomic E-state index is 0.0235. The molecule has 5 heteroatoms. The van der Waals surface area contributed by atoms with Crippen LogP contribution in [0.25, 0.3) is 0 Å². The maximum Gasteiger partial charge on any atom is 0.261 e. The summed E-state index contributed by atoms with van der Waals surface area (Å²) in [7, 11) is 0. The number of hydrogen-bond acceptors (Lipinski definition) is 3. The summed E-state index contributed by atoms with van der Waals surface area (Å²) in [6.07, 6.45) is 5.32. The van der Waals surface area contributed by atoms with Crippen molar-refractivity contribution in [1.29, 1.82) is 0 Å². The highest BCUT2D eigenvalue weighted by molar-refractivity contribution is 6.21. The van der Waals surface area contributed by atoms with Crippen molar-refractivity contribution in [2.75, 3.05) is 13.1 Å². The van der Waals surface area contributed by atoms with E-state index in [2.05, 4.69) is 29.6 Å². The van der Waals surface area contributed by atoms with Gasteiger partial charge in [0.25, 0.3) is 11.8 Å². The number of rotatable bonds is 7. The topological polar surface area (TPSA) is 66.5 Å². The van der Waals surface area contributed by atoms with Crippen molar-refractivity contribution in [2.45, 2.75) is 50.9 Å². The second-order valence-electron chi connectivity index (χ2n) is 8.54. The van der Waals surface area contributed by atoms with E-state index in [4.69, 9.17) is 0 Å². The van der Waals surface area contributed by atoms with Crippen LogP contribution in [0.1, 0.15) is 70.4 Å². The summed E-state index contributed by atoms with van der Waals surface area (Å²) < 4.78 is 0. The minimum Gasteiger partial charge on any atom is -0.355 e. The van der Waals surface area contributed by atoms with Crippen LogP contribution in [-0.4, -0.2) is 35.7 Å². The molecule has 0 spiro atoms. The summed E-state index contributed by atoms with van der Waals surface area (Å²) in [6, 6.07) is 15.7. The number of hydrogen-bond donors (Lipinski definition) is 1. The molecular formula is C25H28N2O3. The molecule has 3 amide bonds. The summed E-state index contributed by atoms with van der Waals surface area (Å²) in [4.78, 5) is 38.8. The number of amides is 3. The normalized spacial score (nSPS) is 17.3. The first-order valence-electron chi connectivity index (χ1n) is 10.8. The second-order valence-corrected chi connectivity index (χ2v) is 8.54. The molecule has 2 aromatic carbocycles. The lowest BCUT2D eigenvalue weighted by atomic mass is 9.79. The Balaban J connectivity index is 1.30. The average Bonchev–Trinajstić information content (AvgIpc) is 3.33. The van der Waals surface area contributed by atoms with Crippen LogP contribution in [0.5, 0.6) is 0 Å². The molecule has 1 heterocycles. The Kier molecular flexibility index (Phi) is 5.71. The third-order valence-corrected chi connectivity index (χ3v) is 6.48. The number of nitrogens with zero attached hydrogens (tertiary/aromatic N) is 1. The predicted octanol–water partition coefficient (Wildman–Crippen LogP) is 4.00. The molecule has 0 atom stereocenters. The quantitative estimate of drug-likeness (QED) is 0.710. The summed E-state index contributed by atoms with van der Waals surface area (Å²) in [5.41, 5.74) is 3.20. The van der Waals surface area contributed by atoms with Gasteiger partial charge in [-0.2, -0.15) is 0 Å². The summed E-state index contributed by atoms with van der Waals surface area (Å²) in [5.74, 6) is -0.540. The van der Waals surface area contributed by atoms with Crippen LogP contribution >= 0.6 is 0 Å². The molecule has 0 aromatic heterocycles. The van der Waals surface area contributed by atoms with Gasteiger partial charge < -0.3 is 5.32 Å². The van der Waals surface area contributed by atoms with Crippen molar-refractivity contribution in [3.63, 3.8) is 0 Å². The van der Waals surface area contributed by atoms with E-state index in [-0.39, 0.29) is 29.7 Å². The molecule has 0 bridgehead atoms. The van der Waals surface area contributed by atoms with Gasteiger partial charge in [-0.25, -0.2) is 0 Å². The fraction of sp³-hybridized carbons (Fsp3) is 0.400. The Morgan fingerprint density at radius 3 is 2.43 bits per heavy atom. The second kappa shape index (κ2) is 8.42. The van der Waals surface area contributed by atoms with Crippen LogP contribution in [-0.2, 0) is 10.2 Å². The highest BCUT2D eigenvalue weighted by Crippen LogP contribution is 2.40. The van der Waals surface area contributed by atoms with Crippen LogP contribution < -0.4 is 5.32 Å². The van der Waals surface area contributed by atoms with Gasteiger partial charge in [0, 0.05) is 24.9 Å². The Bertz CT molecular complexity index is 962. The van der Waals surface area contributed by atoms with Gasteiger partial charge in [0.2, 0.25) is 5.91 Å². The van der Waals surface area contributed by atoms with Crippen molar-refractivity contribution in [2.24, 2.45) is 0 Å². The van der Waals surface area contributed by atoms with Gasteiger partial charge in [-0.3, -0.25) is 19.3 Å². The number of benzene rings is 2. The van der Waals surface area contributed by atoms with Crippen molar-refractivity contribution in [3.05, 3.63) is 70.8 Å². The van der Waals surface area contributed by atoms with E-state index in [0.29, 0.717) is 30.5 Å². The highest BCUT2D eigenvalue weighted by atomic mass is 16.2. The fourth-order valence-electron chi connectivity index (χ4n) is 4.77. The predicted molar refractivity (Wildman–Crippen MR) is 115 cm³/mol. The third-order valence-electron chi connectivity index (χ3n) is 6.48. The molecule has 1 fully saturated rings. The zero-order valence-corrected chi connectivity index (χ0v) is 17.4. The fourth-order valence-corrected chi connectivity index (χ4v) is 4.77. The Morgan fingerprint density at radius 2 is 1.70 bits per heavy atom. The lowest BCUT2D eigenvalue weighted by Crippen LogP contribution is -2.39. The number of fused-ring (bicyclic) bond motifs is 1. The largest absolute Gasteiger partial charge is 0.355 e. The Hall–Kier alpha value is -2.95. The van der Waals surface area contributed by atoms with E-state index in [9.17, 15) is 14.4 Å². The molecule has 2 aromatic rings. The van der Waals surface area contributed by atoms with E-state index in [1.807, 2.05) is 19.1 Å². The third kappa shape index (κ3) is 3.89. The SMILES string of the molecule is Cc1ccc2c(c1)C(=O)N(CCCC(=O)NCC1(c3ccccc3)CCCC1)C2=O. The summed E-state index contributed by atoms with van der Waals surface area (Å²) in [6.45, 7) is 2.81. The first-order chi connectivity index (χ1) is 14.5. The smallest absolute Gasteiger partial charge is 0.261 e. The number of carbonyl (C=O) groups excluding carboxylic acids is 3. The zero-order chi connectivity index (χ0) is 21.1. The zero-order valence-electron chi connectivity index (χ0n) is 17.4. The van der Waals surface area contributed by atoms with Gasteiger partial charge >= 0.3 is 0 Å². The summed E-state index contributed by atoms with van der Waals surface area (Å²) >= 11 is 0. The molecule has 1 saturated carbocycles. The molecule has 5 nitrogen and oxygen atoms in total. The standard InChI is InChI=1S/C25H28N2O3/c1-18-11-12-20-21(16-18)24(30)27(23(20)29)15-7-10-22(28)26-17-25(13-5-6-14-25)19-8-3-2-4-9-19/h2-4,8-9,11-12,16H,5-7,10,13-15,17H2,1H3,(H,26,28). The van der Waals surface area contributed by atoms with Crippen molar-refractivity contribution < 1.29 is 14.4 Å². The van der Waals surface area contributed by atoms with Gasteiger partial charge in [-0.15, -0.1) is 0 Å². The Morgan fingerprint density at radius 1 is 1.00 bits per heavy atom. The number of carbonyl (C=O) groups is 3. The highest BCUT2D eigenvalue weighted by Gasteiger charge is 2.36. The monoisotopic (exact) mass is 404 g/mol. The number of aryl methyl sites for hydroxylation is 1. The molecule has 4 rings (SSSR count). The lowest BCUT2D eigenvalue weighted by molar-refractivity contribution is -0.121. The van der Waals surface area contributed by atoms with Crippen molar-refractivity contribution in [1.82, 2.24) is 10.2 Å². The van der Waals surface area contributed by atoms with Gasteiger partial charge in [-0.1, -0.05) is 54.8 Å². The van der Waals surface area contributed by atoms with Crippen LogP contribution in [0.4, 0.5) is 0 Å². The van der Waals surface area contributed by atoms with Crippen LogP contribution in [0.3, 0.4) is 0 Å². The van der Waals surface area contributed by atoms with Crippen molar-refractivity contribution in [3.8, 4) is 0 Å². The van der Waals surface area contributed by atoms with Crippen LogP contribution in [0.2, 0.25) is 0 Å². The van der Waals surface area contributed by atoms with E-state index < -0.39 is 0 Å². The number of nitrogens with one attached hydrogen (secondary N) is 1. The molecular weight excluding hydrogens is 376 g/mol. The maximum atomic E-state index is 12.5. The molecule has 1 aliphatic carbocycles. The summed E-state index contributed by atoms with van der Waals surface area (Å²) in [5, 5.41) is 3.11. The molecule has 1 aliphatic heterocycles. The first-order valence-corrected chi connectivity index (χ1v) is 10.8. The average molecular weight is 405 g/mol. The molecule has 1 N–H and O–H groups in total. The Labute approximate surface area is 177 Å². The van der Waals surface area contributed by atoms with Crippen LogP contribution in [0, 0.1) is 6.92 Å². The van der Waals surface area contributed by atoms with Gasteiger partial charge in [0.15, 0.2) is 0 Å². The maximum absolute atomic E-state index is 12.5. The van der Waals surface area contributed by atoms with E-state index in [1.165, 1.54) is 23.3 Å². The molecule has 156 valence electrons. The van der Waals surface area contributed by atoms with Gasteiger partial charge in [-0.05, 0) is 43.9 Å². The molecule has 0 unspecified atom stereocenters. The molecule has 2 aliphatic rings. The minimum atomic E-state index is -0.260. The van der Waals surface area contributed by atoms with Gasteiger partial charge in [0.1, 0.15) is 0 Å².